The van der Waals surface area contributed by atoms with Crippen molar-refractivity contribution in [3.63, 3.8) is 0 Å². The quantitative estimate of drug-likeness (QED) is 0.192. The van der Waals surface area contributed by atoms with E-state index in [1.165, 1.54) is 0 Å². The molecule has 0 aromatic heterocycles. The standard InChI is InChI=1S/C25H27N5O3/c26-24(29-32)19-7-4-8-21(17-19)27-23(18-5-2-1-3-6-18)25(31)28-20-9-11-22(12-10-20)30-13-15-33-16-14-30/h1-12,17,23,27,32H,13-16H2,(H2,26,29)(H,28,31). The maximum absolute atomic E-state index is 13.3. The second kappa shape index (κ2) is 10.5. The summed E-state index contributed by atoms with van der Waals surface area (Å²) in [7, 11) is 0. The molecule has 0 spiro atoms. The molecular formula is C25H27N5O3. The first kappa shape index (κ1) is 22.2. The van der Waals surface area contributed by atoms with Crippen molar-refractivity contribution < 1.29 is 14.7 Å². The van der Waals surface area contributed by atoms with Gasteiger partial charge in [0.15, 0.2) is 5.84 Å². The van der Waals surface area contributed by atoms with E-state index in [2.05, 4.69) is 20.7 Å². The van der Waals surface area contributed by atoms with Crippen LogP contribution in [0.5, 0.6) is 0 Å². The van der Waals surface area contributed by atoms with Crippen LogP contribution in [0, 0.1) is 0 Å². The normalized spacial score (nSPS) is 15.0. The number of anilines is 3. The maximum atomic E-state index is 13.3. The lowest BCUT2D eigenvalue weighted by Gasteiger charge is -2.29. The molecule has 33 heavy (non-hydrogen) atoms. The monoisotopic (exact) mass is 445 g/mol. The summed E-state index contributed by atoms with van der Waals surface area (Å²) in [5.41, 5.74) is 9.57. The van der Waals surface area contributed by atoms with Crippen molar-refractivity contribution in [2.24, 2.45) is 10.9 Å². The summed E-state index contributed by atoms with van der Waals surface area (Å²) < 4.78 is 5.41. The third kappa shape index (κ3) is 5.61. The van der Waals surface area contributed by atoms with E-state index in [0.29, 0.717) is 16.9 Å². The third-order valence-electron chi connectivity index (χ3n) is 5.48. The summed E-state index contributed by atoms with van der Waals surface area (Å²) in [5, 5.41) is 18.3. The van der Waals surface area contributed by atoms with Crippen molar-refractivity contribution in [1.29, 1.82) is 0 Å². The fraction of sp³-hybridized carbons (Fsp3) is 0.200. The van der Waals surface area contributed by atoms with Gasteiger partial charge in [0.25, 0.3) is 5.91 Å². The van der Waals surface area contributed by atoms with Gasteiger partial charge in [0.1, 0.15) is 6.04 Å². The smallest absolute Gasteiger partial charge is 0.251 e. The van der Waals surface area contributed by atoms with Crippen LogP contribution < -0.4 is 21.3 Å². The van der Waals surface area contributed by atoms with Crippen LogP contribution in [0.25, 0.3) is 0 Å². The van der Waals surface area contributed by atoms with Gasteiger partial charge in [-0.25, -0.2) is 0 Å². The second-order valence-corrected chi connectivity index (χ2v) is 7.69. The first-order valence-electron chi connectivity index (χ1n) is 10.8. The Morgan fingerprint density at radius 2 is 1.70 bits per heavy atom. The highest BCUT2D eigenvalue weighted by Crippen LogP contribution is 2.24. The minimum atomic E-state index is -0.646. The van der Waals surface area contributed by atoms with Gasteiger partial charge < -0.3 is 31.2 Å². The van der Waals surface area contributed by atoms with E-state index in [-0.39, 0.29) is 11.7 Å². The molecule has 5 N–H and O–H groups in total. The molecule has 3 aromatic carbocycles. The highest BCUT2D eigenvalue weighted by atomic mass is 16.5. The maximum Gasteiger partial charge on any atom is 0.251 e. The summed E-state index contributed by atoms with van der Waals surface area (Å²) >= 11 is 0. The molecule has 0 bridgehead atoms. The zero-order valence-electron chi connectivity index (χ0n) is 18.1. The lowest BCUT2D eigenvalue weighted by molar-refractivity contribution is -0.117. The average Bonchev–Trinajstić information content (AvgIpc) is 2.88. The van der Waals surface area contributed by atoms with Crippen molar-refractivity contribution in [1.82, 2.24) is 0 Å². The van der Waals surface area contributed by atoms with Crippen LogP contribution in [0.2, 0.25) is 0 Å². The number of amidine groups is 1. The molecule has 4 rings (SSSR count). The van der Waals surface area contributed by atoms with Crippen LogP contribution in [0.1, 0.15) is 17.2 Å². The van der Waals surface area contributed by atoms with Gasteiger partial charge in [0, 0.05) is 35.7 Å². The van der Waals surface area contributed by atoms with Gasteiger partial charge in [-0.15, -0.1) is 0 Å². The predicted octanol–water partition coefficient (Wildman–Crippen LogP) is 3.41. The minimum absolute atomic E-state index is 0.000259. The highest BCUT2D eigenvalue weighted by Gasteiger charge is 2.21. The van der Waals surface area contributed by atoms with Crippen molar-refractivity contribution in [2.45, 2.75) is 6.04 Å². The van der Waals surface area contributed by atoms with E-state index in [9.17, 15) is 4.79 Å². The first-order chi connectivity index (χ1) is 16.1. The molecule has 1 saturated heterocycles. The van der Waals surface area contributed by atoms with Crippen LogP contribution in [-0.2, 0) is 9.53 Å². The largest absolute Gasteiger partial charge is 0.409 e. The van der Waals surface area contributed by atoms with Crippen LogP contribution in [0.3, 0.4) is 0 Å². The van der Waals surface area contributed by atoms with Crippen molar-refractivity contribution in [3.8, 4) is 0 Å². The number of oxime groups is 1. The Morgan fingerprint density at radius 1 is 0.970 bits per heavy atom. The first-order valence-corrected chi connectivity index (χ1v) is 10.8. The molecule has 3 aromatic rings. The van der Waals surface area contributed by atoms with Gasteiger partial charge in [0.05, 0.1) is 13.2 Å². The Hall–Kier alpha value is -4.04. The molecule has 1 aliphatic rings. The fourth-order valence-corrected chi connectivity index (χ4v) is 3.73. The molecule has 1 atom stereocenters. The Morgan fingerprint density at radius 3 is 2.39 bits per heavy atom. The Balaban J connectivity index is 1.52. The van der Waals surface area contributed by atoms with Gasteiger partial charge in [-0.2, -0.15) is 0 Å². The van der Waals surface area contributed by atoms with Crippen molar-refractivity contribution in [3.05, 3.63) is 90.0 Å². The SMILES string of the molecule is N/C(=N\O)c1cccc(NC(C(=O)Nc2ccc(N3CCOCC3)cc2)c2ccccc2)c1. The third-order valence-corrected chi connectivity index (χ3v) is 5.48. The summed E-state index contributed by atoms with van der Waals surface area (Å²) in [6, 6.07) is 23.7. The van der Waals surface area contributed by atoms with E-state index < -0.39 is 6.04 Å². The van der Waals surface area contributed by atoms with Gasteiger partial charge in [0.2, 0.25) is 0 Å². The van der Waals surface area contributed by atoms with Crippen LogP contribution in [-0.4, -0.2) is 43.3 Å². The Labute approximate surface area is 192 Å². The number of rotatable bonds is 7. The molecular weight excluding hydrogens is 418 g/mol. The van der Waals surface area contributed by atoms with Gasteiger partial charge in [-0.3, -0.25) is 4.79 Å². The molecule has 0 aliphatic carbocycles. The van der Waals surface area contributed by atoms with E-state index in [4.69, 9.17) is 15.7 Å². The average molecular weight is 446 g/mol. The Kier molecular flexibility index (Phi) is 7.06. The number of benzene rings is 3. The van der Waals surface area contributed by atoms with Crippen LogP contribution in [0.4, 0.5) is 17.1 Å². The summed E-state index contributed by atoms with van der Waals surface area (Å²) in [6.07, 6.45) is 0. The zero-order chi connectivity index (χ0) is 23.0. The van der Waals surface area contributed by atoms with Crippen molar-refractivity contribution in [2.75, 3.05) is 41.8 Å². The topological polar surface area (TPSA) is 112 Å². The number of hydrogen-bond donors (Lipinski definition) is 4. The predicted molar refractivity (Wildman–Crippen MR) is 130 cm³/mol. The number of nitrogens with zero attached hydrogens (tertiary/aromatic N) is 2. The molecule has 1 unspecified atom stereocenters. The lowest BCUT2D eigenvalue weighted by Crippen LogP contribution is -2.36. The van der Waals surface area contributed by atoms with E-state index >= 15 is 0 Å². The van der Waals surface area contributed by atoms with Crippen molar-refractivity contribution >= 4 is 28.8 Å². The molecule has 0 radical (unpaired) electrons. The van der Waals surface area contributed by atoms with Crippen LogP contribution in [0.15, 0.2) is 84.0 Å². The number of carbonyl (C=O) groups excluding carboxylic acids is 1. The van der Waals surface area contributed by atoms with Gasteiger partial charge in [-0.05, 0) is 42.0 Å². The number of nitrogens with two attached hydrogens (primary N) is 1. The van der Waals surface area contributed by atoms with E-state index in [0.717, 1.165) is 37.6 Å². The highest BCUT2D eigenvalue weighted by molar-refractivity contribution is 5.99. The molecule has 8 heteroatoms. The molecule has 1 aliphatic heterocycles. The second-order valence-electron chi connectivity index (χ2n) is 7.69. The summed E-state index contributed by atoms with van der Waals surface area (Å²) in [6.45, 7) is 3.16. The summed E-state index contributed by atoms with van der Waals surface area (Å²) in [5.74, 6) is -0.200. The number of hydrogen-bond acceptors (Lipinski definition) is 6. The zero-order valence-corrected chi connectivity index (χ0v) is 18.1. The molecule has 8 nitrogen and oxygen atoms in total. The molecule has 1 fully saturated rings. The van der Waals surface area contributed by atoms with Gasteiger partial charge >= 0.3 is 0 Å². The number of amides is 1. The number of nitrogens with one attached hydrogen (secondary N) is 2. The lowest BCUT2D eigenvalue weighted by atomic mass is 10.0. The minimum Gasteiger partial charge on any atom is -0.409 e. The fourth-order valence-electron chi connectivity index (χ4n) is 3.73. The number of ether oxygens (including phenoxy) is 1. The molecule has 170 valence electrons. The molecule has 1 amide bonds. The summed E-state index contributed by atoms with van der Waals surface area (Å²) in [4.78, 5) is 15.6. The Bertz CT molecular complexity index is 1100. The van der Waals surface area contributed by atoms with Gasteiger partial charge in [-0.1, -0.05) is 47.6 Å². The van der Waals surface area contributed by atoms with E-state index in [1.54, 1.807) is 18.2 Å². The van der Waals surface area contributed by atoms with E-state index in [1.807, 2.05) is 60.7 Å². The van der Waals surface area contributed by atoms with Crippen LogP contribution >= 0.6 is 0 Å². The molecule has 0 saturated carbocycles. The molecule has 1 heterocycles. The number of morpholine rings is 1. The number of carbonyl (C=O) groups is 1.